The summed E-state index contributed by atoms with van der Waals surface area (Å²) >= 11 is 5.98. The zero-order valence-corrected chi connectivity index (χ0v) is 11.3. The second kappa shape index (κ2) is 5.71. The van der Waals surface area contributed by atoms with Crippen LogP contribution >= 0.6 is 11.6 Å². The van der Waals surface area contributed by atoms with Gasteiger partial charge in [0.1, 0.15) is 11.6 Å². The standard InChI is InChI=1S/C12H14ClN5O/c1-7(11-15-3-4-16-11)18-12(19)8-5-10(14-2)17-6-9(8)13/h3-7H,1-2H3,(H,14,17)(H,15,16)(H,18,19). The molecule has 0 fully saturated rings. The molecule has 1 amide bonds. The summed E-state index contributed by atoms with van der Waals surface area (Å²) in [5.41, 5.74) is 0.374. The van der Waals surface area contributed by atoms with Crippen molar-refractivity contribution in [2.24, 2.45) is 0 Å². The van der Waals surface area contributed by atoms with E-state index in [2.05, 4.69) is 25.6 Å². The highest BCUT2D eigenvalue weighted by Gasteiger charge is 2.16. The molecule has 1 atom stereocenters. The lowest BCUT2D eigenvalue weighted by Crippen LogP contribution is -2.27. The number of aromatic amines is 1. The van der Waals surface area contributed by atoms with Crippen molar-refractivity contribution in [1.82, 2.24) is 20.3 Å². The van der Waals surface area contributed by atoms with E-state index in [1.54, 1.807) is 25.5 Å². The van der Waals surface area contributed by atoms with Crippen molar-refractivity contribution in [3.05, 3.63) is 41.1 Å². The topological polar surface area (TPSA) is 82.7 Å². The van der Waals surface area contributed by atoms with E-state index in [9.17, 15) is 4.79 Å². The number of imidazole rings is 1. The number of halogens is 1. The van der Waals surface area contributed by atoms with Gasteiger partial charge in [0.2, 0.25) is 0 Å². The summed E-state index contributed by atoms with van der Waals surface area (Å²) in [7, 11) is 1.73. The van der Waals surface area contributed by atoms with Gasteiger partial charge in [-0.15, -0.1) is 0 Å². The van der Waals surface area contributed by atoms with Crippen LogP contribution in [0.25, 0.3) is 0 Å². The molecule has 0 aliphatic carbocycles. The number of nitrogens with one attached hydrogen (secondary N) is 3. The fourth-order valence-electron chi connectivity index (χ4n) is 1.61. The van der Waals surface area contributed by atoms with Gasteiger partial charge in [0, 0.05) is 25.6 Å². The minimum absolute atomic E-state index is 0.232. The molecule has 2 heterocycles. The Morgan fingerprint density at radius 1 is 1.47 bits per heavy atom. The highest BCUT2D eigenvalue weighted by atomic mass is 35.5. The lowest BCUT2D eigenvalue weighted by molar-refractivity contribution is 0.0938. The van der Waals surface area contributed by atoms with Crippen LogP contribution < -0.4 is 10.6 Å². The van der Waals surface area contributed by atoms with E-state index in [0.717, 1.165) is 0 Å². The molecule has 0 saturated carbocycles. The second-order valence-electron chi connectivity index (χ2n) is 3.97. The van der Waals surface area contributed by atoms with E-state index in [1.807, 2.05) is 6.92 Å². The summed E-state index contributed by atoms with van der Waals surface area (Å²) in [5, 5.41) is 5.99. The van der Waals surface area contributed by atoms with E-state index in [1.165, 1.54) is 6.20 Å². The maximum atomic E-state index is 12.1. The van der Waals surface area contributed by atoms with Crippen molar-refractivity contribution in [1.29, 1.82) is 0 Å². The first-order valence-electron chi connectivity index (χ1n) is 5.75. The largest absolute Gasteiger partial charge is 0.373 e. The number of anilines is 1. The summed E-state index contributed by atoms with van der Waals surface area (Å²) in [4.78, 5) is 23.2. The number of rotatable bonds is 4. The van der Waals surface area contributed by atoms with Crippen LogP contribution in [0.1, 0.15) is 29.1 Å². The van der Waals surface area contributed by atoms with Gasteiger partial charge in [-0.25, -0.2) is 9.97 Å². The number of carbonyl (C=O) groups excluding carboxylic acids is 1. The fourth-order valence-corrected chi connectivity index (χ4v) is 1.80. The lowest BCUT2D eigenvalue weighted by atomic mass is 10.2. The van der Waals surface area contributed by atoms with Crippen LogP contribution in [-0.4, -0.2) is 27.9 Å². The molecule has 0 saturated heterocycles. The Balaban J connectivity index is 2.16. The molecule has 3 N–H and O–H groups in total. The second-order valence-corrected chi connectivity index (χ2v) is 4.38. The molecule has 0 radical (unpaired) electrons. The van der Waals surface area contributed by atoms with E-state index in [-0.39, 0.29) is 11.9 Å². The maximum absolute atomic E-state index is 12.1. The molecule has 0 aliphatic rings. The molecular formula is C12H14ClN5O. The first-order valence-corrected chi connectivity index (χ1v) is 6.13. The minimum Gasteiger partial charge on any atom is -0.373 e. The Kier molecular flexibility index (Phi) is 4.01. The SMILES string of the molecule is CNc1cc(C(=O)NC(C)c2ncc[nH]2)c(Cl)cn1. The van der Waals surface area contributed by atoms with Gasteiger partial charge in [0.25, 0.3) is 5.91 Å². The number of nitrogens with zero attached hydrogens (tertiary/aromatic N) is 2. The highest BCUT2D eigenvalue weighted by Crippen LogP contribution is 2.18. The maximum Gasteiger partial charge on any atom is 0.253 e. The third-order valence-electron chi connectivity index (χ3n) is 2.63. The number of carbonyl (C=O) groups is 1. The number of H-pyrrole nitrogens is 1. The van der Waals surface area contributed by atoms with Gasteiger partial charge in [-0.05, 0) is 13.0 Å². The summed E-state index contributed by atoms with van der Waals surface area (Å²) in [5.74, 6) is 1.00. The first-order chi connectivity index (χ1) is 9.11. The van der Waals surface area contributed by atoms with Crippen LogP contribution in [0.15, 0.2) is 24.7 Å². The molecule has 100 valence electrons. The Bertz CT molecular complexity index is 570. The fraction of sp³-hybridized carbons (Fsp3) is 0.250. The Morgan fingerprint density at radius 3 is 2.89 bits per heavy atom. The van der Waals surface area contributed by atoms with Crippen LogP contribution in [0.5, 0.6) is 0 Å². The number of aromatic nitrogens is 3. The first kappa shape index (κ1) is 13.4. The van der Waals surface area contributed by atoms with E-state index in [0.29, 0.717) is 22.2 Å². The molecule has 0 aliphatic heterocycles. The van der Waals surface area contributed by atoms with Gasteiger partial charge < -0.3 is 15.6 Å². The summed E-state index contributed by atoms with van der Waals surface area (Å²) in [6, 6.07) is 1.37. The number of hydrogen-bond acceptors (Lipinski definition) is 4. The van der Waals surface area contributed by atoms with Crippen LogP contribution in [0, 0.1) is 0 Å². The van der Waals surface area contributed by atoms with Gasteiger partial charge in [0.15, 0.2) is 0 Å². The number of hydrogen-bond donors (Lipinski definition) is 3. The summed E-state index contributed by atoms with van der Waals surface area (Å²) in [6.45, 7) is 1.84. The molecule has 2 aromatic heterocycles. The van der Waals surface area contributed by atoms with Gasteiger partial charge in [-0.3, -0.25) is 4.79 Å². The summed E-state index contributed by atoms with van der Waals surface area (Å²) in [6.07, 6.45) is 4.78. The molecule has 1 unspecified atom stereocenters. The zero-order valence-electron chi connectivity index (χ0n) is 10.6. The molecule has 0 bridgehead atoms. The minimum atomic E-state index is -0.271. The van der Waals surface area contributed by atoms with Gasteiger partial charge >= 0.3 is 0 Å². The highest BCUT2D eigenvalue weighted by molar-refractivity contribution is 6.33. The van der Waals surface area contributed by atoms with Crippen LogP contribution in [0.2, 0.25) is 5.02 Å². The zero-order chi connectivity index (χ0) is 13.8. The summed E-state index contributed by atoms with van der Waals surface area (Å²) < 4.78 is 0. The third kappa shape index (κ3) is 3.03. The third-order valence-corrected chi connectivity index (χ3v) is 2.93. The van der Waals surface area contributed by atoms with Crippen LogP contribution in [0.4, 0.5) is 5.82 Å². The molecule has 0 aromatic carbocycles. The molecule has 19 heavy (non-hydrogen) atoms. The van der Waals surface area contributed by atoms with Crippen molar-refractivity contribution in [2.45, 2.75) is 13.0 Å². The lowest BCUT2D eigenvalue weighted by Gasteiger charge is -2.12. The average Bonchev–Trinajstić information content (AvgIpc) is 2.93. The average molecular weight is 280 g/mol. The van der Waals surface area contributed by atoms with Crippen molar-refractivity contribution in [3.8, 4) is 0 Å². The molecule has 6 nitrogen and oxygen atoms in total. The molecule has 0 spiro atoms. The van der Waals surface area contributed by atoms with Crippen molar-refractivity contribution in [3.63, 3.8) is 0 Å². The quantitative estimate of drug-likeness (QED) is 0.799. The molecule has 2 rings (SSSR count). The Hall–Kier alpha value is -2.08. The normalized spacial score (nSPS) is 11.9. The number of pyridine rings is 1. The molecule has 7 heteroatoms. The van der Waals surface area contributed by atoms with Crippen molar-refractivity contribution < 1.29 is 4.79 Å². The van der Waals surface area contributed by atoms with Gasteiger partial charge in [-0.1, -0.05) is 11.6 Å². The Morgan fingerprint density at radius 2 is 2.26 bits per heavy atom. The monoisotopic (exact) mass is 279 g/mol. The molecular weight excluding hydrogens is 266 g/mol. The van der Waals surface area contributed by atoms with E-state index >= 15 is 0 Å². The smallest absolute Gasteiger partial charge is 0.253 e. The molecule has 2 aromatic rings. The Labute approximate surface area is 115 Å². The van der Waals surface area contributed by atoms with Gasteiger partial charge in [-0.2, -0.15) is 0 Å². The van der Waals surface area contributed by atoms with E-state index in [4.69, 9.17) is 11.6 Å². The number of amides is 1. The predicted octanol–water partition coefficient (Wildman–Crippen LogP) is 1.99. The van der Waals surface area contributed by atoms with Crippen LogP contribution in [-0.2, 0) is 0 Å². The van der Waals surface area contributed by atoms with Crippen molar-refractivity contribution in [2.75, 3.05) is 12.4 Å². The van der Waals surface area contributed by atoms with Crippen LogP contribution in [0.3, 0.4) is 0 Å². The van der Waals surface area contributed by atoms with Crippen molar-refractivity contribution >= 4 is 23.3 Å². The predicted molar refractivity (Wildman–Crippen MR) is 73.3 cm³/mol. The van der Waals surface area contributed by atoms with E-state index < -0.39 is 0 Å². The van der Waals surface area contributed by atoms with Gasteiger partial charge in [0.05, 0.1) is 16.6 Å².